The van der Waals surface area contributed by atoms with E-state index >= 15 is 0 Å². The molecule has 104 valence electrons. The fourth-order valence-electron chi connectivity index (χ4n) is 2.69. The summed E-state index contributed by atoms with van der Waals surface area (Å²) in [5.74, 6) is 0.470. The third-order valence-electron chi connectivity index (χ3n) is 3.76. The van der Waals surface area contributed by atoms with E-state index < -0.39 is 0 Å². The number of fused-ring (bicyclic) bond motifs is 1. The molecule has 1 aromatic carbocycles. The van der Waals surface area contributed by atoms with Crippen LogP contribution in [-0.2, 0) is 0 Å². The number of hydrogen-bond acceptors (Lipinski definition) is 2. The van der Waals surface area contributed by atoms with Crippen LogP contribution in [0.2, 0.25) is 0 Å². The van der Waals surface area contributed by atoms with Crippen LogP contribution in [0.4, 0.5) is 0 Å². The fourth-order valence-corrected chi connectivity index (χ4v) is 2.69. The van der Waals surface area contributed by atoms with E-state index in [1.807, 2.05) is 24.3 Å². The van der Waals surface area contributed by atoms with Gasteiger partial charge in [0.15, 0.2) is 0 Å². The highest BCUT2D eigenvalue weighted by molar-refractivity contribution is 6.06. The first-order chi connectivity index (χ1) is 9.74. The van der Waals surface area contributed by atoms with Gasteiger partial charge in [-0.3, -0.25) is 10.2 Å². The Kier molecular flexibility index (Phi) is 3.46. The fraction of sp³-hybridized carbons (Fsp3) is 0.312. The van der Waals surface area contributed by atoms with Crippen LogP contribution >= 0.6 is 0 Å². The van der Waals surface area contributed by atoms with E-state index in [4.69, 9.17) is 0 Å². The zero-order valence-electron chi connectivity index (χ0n) is 11.6. The molecule has 1 heterocycles. The minimum atomic E-state index is -0.110. The molecule has 1 aromatic heterocycles. The molecule has 0 fully saturated rings. The van der Waals surface area contributed by atoms with Crippen LogP contribution < -0.4 is 10.9 Å². The summed E-state index contributed by atoms with van der Waals surface area (Å²) >= 11 is 0. The molecule has 1 atom stereocenters. The smallest absolute Gasteiger partial charge is 0.271 e. The lowest BCUT2D eigenvalue weighted by molar-refractivity contribution is 0.0939. The van der Waals surface area contributed by atoms with Gasteiger partial charge in [0.2, 0.25) is 0 Å². The number of amides is 1. The van der Waals surface area contributed by atoms with Crippen LogP contribution in [0.3, 0.4) is 0 Å². The number of allylic oxidation sites excluding steroid dienone is 2. The monoisotopic (exact) mass is 269 g/mol. The quantitative estimate of drug-likeness (QED) is 0.750. The lowest BCUT2D eigenvalue weighted by Gasteiger charge is -2.19. The van der Waals surface area contributed by atoms with Gasteiger partial charge in [-0.15, -0.1) is 0 Å². The third-order valence-corrected chi connectivity index (χ3v) is 3.76. The molecule has 0 bridgehead atoms. The van der Waals surface area contributed by atoms with Gasteiger partial charge in [-0.1, -0.05) is 31.2 Å². The minimum Gasteiger partial charge on any atom is -0.360 e. The van der Waals surface area contributed by atoms with Crippen molar-refractivity contribution in [1.29, 1.82) is 0 Å². The molecular weight excluding hydrogens is 250 g/mol. The van der Waals surface area contributed by atoms with Crippen molar-refractivity contribution in [2.24, 2.45) is 5.92 Å². The molecule has 20 heavy (non-hydrogen) atoms. The maximum atomic E-state index is 12.2. The molecule has 1 aliphatic carbocycles. The molecule has 4 heteroatoms. The Balaban J connectivity index is 1.70. The predicted octanol–water partition coefficient (Wildman–Crippen LogP) is 3.11. The number of hydrazine groups is 1. The molecule has 0 saturated carbocycles. The number of aromatic amines is 1. The van der Waals surface area contributed by atoms with Crippen LogP contribution in [0.1, 0.15) is 36.5 Å². The maximum Gasteiger partial charge on any atom is 0.271 e. The van der Waals surface area contributed by atoms with Gasteiger partial charge < -0.3 is 10.4 Å². The Bertz CT molecular complexity index is 657. The molecular formula is C16H19N3O. The van der Waals surface area contributed by atoms with Gasteiger partial charge >= 0.3 is 0 Å². The number of hydrogen-bond donors (Lipinski definition) is 3. The van der Waals surface area contributed by atoms with Gasteiger partial charge in [-0.2, -0.15) is 0 Å². The molecule has 0 aliphatic heterocycles. The summed E-state index contributed by atoms with van der Waals surface area (Å²) < 4.78 is 0. The van der Waals surface area contributed by atoms with Crippen molar-refractivity contribution in [3.8, 4) is 0 Å². The first kappa shape index (κ1) is 12.8. The predicted molar refractivity (Wildman–Crippen MR) is 80.0 cm³/mol. The zero-order chi connectivity index (χ0) is 13.9. The van der Waals surface area contributed by atoms with Crippen molar-refractivity contribution >= 4 is 16.8 Å². The highest BCUT2D eigenvalue weighted by Crippen LogP contribution is 2.20. The summed E-state index contributed by atoms with van der Waals surface area (Å²) in [7, 11) is 0. The molecule has 2 aromatic rings. The molecule has 1 aliphatic rings. The second-order valence-corrected chi connectivity index (χ2v) is 5.39. The third kappa shape index (κ3) is 2.54. The number of aromatic nitrogens is 1. The van der Waals surface area contributed by atoms with Gasteiger partial charge in [0, 0.05) is 22.8 Å². The molecule has 0 radical (unpaired) electrons. The highest BCUT2D eigenvalue weighted by Gasteiger charge is 2.13. The largest absolute Gasteiger partial charge is 0.360 e. The van der Waals surface area contributed by atoms with Crippen LogP contribution in [0.15, 0.2) is 42.2 Å². The summed E-state index contributed by atoms with van der Waals surface area (Å²) in [6, 6.07) is 7.80. The van der Waals surface area contributed by atoms with E-state index in [9.17, 15) is 4.79 Å². The highest BCUT2D eigenvalue weighted by atomic mass is 16.2. The second-order valence-electron chi connectivity index (χ2n) is 5.39. The number of H-pyrrole nitrogens is 1. The summed E-state index contributed by atoms with van der Waals surface area (Å²) in [4.78, 5) is 15.3. The van der Waals surface area contributed by atoms with Crippen LogP contribution in [-0.4, -0.2) is 10.9 Å². The topological polar surface area (TPSA) is 56.9 Å². The number of carbonyl (C=O) groups is 1. The van der Waals surface area contributed by atoms with E-state index in [0.29, 0.717) is 11.5 Å². The zero-order valence-corrected chi connectivity index (χ0v) is 11.6. The first-order valence-corrected chi connectivity index (χ1v) is 7.07. The van der Waals surface area contributed by atoms with Crippen molar-refractivity contribution in [3.63, 3.8) is 0 Å². The second kappa shape index (κ2) is 5.41. The molecule has 3 rings (SSSR count). The van der Waals surface area contributed by atoms with E-state index in [1.54, 1.807) is 6.20 Å². The van der Waals surface area contributed by atoms with Gasteiger partial charge in [-0.05, 0) is 31.2 Å². The summed E-state index contributed by atoms with van der Waals surface area (Å²) in [5, 5.41) is 0.942. The van der Waals surface area contributed by atoms with Crippen LogP contribution in [0.25, 0.3) is 10.9 Å². The Morgan fingerprint density at radius 1 is 1.35 bits per heavy atom. The number of nitrogens with one attached hydrogen (secondary N) is 3. The Morgan fingerprint density at radius 2 is 2.20 bits per heavy atom. The average molecular weight is 269 g/mol. The van der Waals surface area contributed by atoms with E-state index in [-0.39, 0.29) is 5.91 Å². The van der Waals surface area contributed by atoms with Gasteiger partial charge in [0.05, 0.1) is 5.56 Å². The van der Waals surface area contributed by atoms with Crippen molar-refractivity contribution in [2.75, 3.05) is 0 Å². The number of carbonyl (C=O) groups excluding carboxylic acids is 1. The molecule has 0 saturated heterocycles. The number of para-hydroxylation sites is 1. The molecule has 0 spiro atoms. The average Bonchev–Trinajstić information content (AvgIpc) is 2.89. The first-order valence-electron chi connectivity index (χ1n) is 7.07. The maximum absolute atomic E-state index is 12.2. The molecule has 3 N–H and O–H groups in total. The van der Waals surface area contributed by atoms with Crippen LogP contribution in [0, 0.1) is 5.92 Å². The summed E-state index contributed by atoms with van der Waals surface area (Å²) in [6.07, 6.45) is 7.33. The van der Waals surface area contributed by atoms with E-state index in [1.165, 1.54) is 12.8 Å². The standard InChI is InChI=1S/C16H19N3O/c1-11-5-4-6-12(9-11)18-19-16(20)14-10-17-15-8-3-2-7-13(14)15/h2-3,7-11,17-18H,4-6H2,1H3,(H,19,20)/t11-/m1/s1. The Morgan fingerprint density at radius 3 is 3.05 bits per heavy atom. The minimum absolute atomic E-state index is 0.110. The molecule has 4 nitrogen and oxygen atoms in total. The van der Waals surface area contributed by atoms with E-state index in [2.05, 4.69) is 28.8 Å². The van der Waals surface area contributed by atoms with Crippen molar-refractivity contribution in [3.05, 3.63) is 47.8 Å². The Hall–Kier alpha value is -2.23. The van der Waals surface area contributed by atoms with Gasteiger partial charge in [0.25, 0.3) is 5.91 Å². The van der Waals surface area contributed by atoms with Crippen LogP contribution in [0.5, 0.6) is 0 Å². The normalized spacial score (nSPS) is 18.6. The van der Waals surface area contributed by atoms with Gasteiger partial charge in [-0.25, -0.2) is 0 Å². The SMILES string of the molecule is C[C@H]1C=C(NNC(=O)c2c[nH]c3ccccc23)CCC1. The van der Waals surface area contributed by atoms with E-state index in [0.717, 1.165) is 23.0 Å². The van der Waals surface area contributed by atoms with Crippen molar-refractivity contribution in [2.45, 2.75) is 26.2 Å². The summed E-state index contributed by atoms with van der Waals surface area (Å²) in [6.45, 7) is 2.20. The number of rotatable bonds is 3. The summed E-state index contributed by atoms with van der Waals surface area (Å²) in [5.41, 5.74) is 8.59. The van der Waals surface area contributed by atoms with Crippen molar-refractivity contribution < 1.29 is 4.79 Å². The number of benzene rings is 1. The van der Waals surface area contributed by atoms with Crippen molar-refractivity contribution in [1.82, 2.24) is 15.8 Å². The molecule has 0 unspecified atom stereocenters. The lowest BCUT2D eigenvalue weighted by Crippen LogP contribution is -2.37. The Labute approximate surface area is 118 Å². The van der Waals surface area contributed by atoms with Gasteiger partial charge in [0.1, 0.15) is 0 Å². The molecule has 1 amide bonds. The lowest BCUT2D eigenvalue weighted by atomic mass is 9.96.